The van der Waals surface area contributed by atoms with Gasteiger partial charge in [0.1, 0.15) is 14.7 Å². The first-order valence-electron chi connectivity index (χ1n) is 19.0. The fourth-order valence-corrected chi connectivity index (χ4v) is 9.98. The van der Waals surface area contributed by atoms with E-state index in [1.54, 1.807) is 31.3 Å². The second-order valence-corrected chi connectivity index (χ2v) is 20.5. The molecule has 22 nitrogen and oxygen atoms in total. The molecule has 352 valence electrons. The Morgan fingerprint density at radius 1 is 0.456 bits per heavy atom. The molecule has 0 aromatic heterocycles. The van der Waals surface area contributed by atoms with E-state index in [4.69, 9.17) is 17.2 Å². The molecule has 0 fully saturated rings. The van der Waals surface area contributed by atoms with E-state index in [1.165, 1.54) is 36.4 Å². The average Bonchev–Trinajstić information content (AvgIpc) is 3.25. The van der Waals surface area contributed by atoms with Crippen molar-refractivity contribution in [3.05, 3.63) is 147 Å². The molecular formula is C42H34N6O16S4. The minimum Gasteiger partial charge on any atom is -0.399 e. The van der Waals surface area contributed by atoms with Crippen LogP contribution in [0.2, 0.25) is 0 Å². The molecule has 26 heteroatoms. The van der Waals surface area contributed by atoms with E-state index in [2.05, 4.69) is 16.0 Å². The summed E-state index contributed by atoms with van der Waals surface area (Å²) in [5, 5.41) is 8.66. The molecular weight excluding hydrogens is 973 g/mol. The highest BCUT2D eigenvalue weighted by atomic mass is 32.2. The van der Waals surface area contributed by atoms with Crippen LogP contribution in [0.3, 0.4) is 0 Å². The quantitative estimate of drug-likeness (QED) is 0.0686. The van der Waals surface area contributed by atoms with E-state index < -0.39 is 111 Å². The minimum atomic E-state index is -4.96. The number of carbonyl (C=O) groups is 4. The lowest BCUT2D eigenvalue weighted by molar-refractivity contribution is 0.0977. The number of nitrogens with one attached hydrogen (secondary N) is 3. The summed E-state index contributed by atoms with van der Waals surface area (Å²) in [5.41, 5.74) is 14.6. The number of fused-ring (bicyclic) bond motifs is 4. The zero-order valence-corrected chi connectivity index (χ0v) is 37.8. The van der Waals surface area contributed by atoms with Crippen LogP contribution in [0.25, 0.3) is 0 Å². The highest BCUT2D eigenvalue weighted by molar-refractivity contribution is 7.86. The third-order valence-electron chi connectivity index (χ3n) is 10.5. The second-order valence-electron chi connectivity index (χ2n) is 14.9. The lowest BCUT2D eigenvalue weighted by Crippen LogP contribution is -2.27. The molecule has 0 radical (unpaired) electrons. The topological polar surface area (TPSA) is 400 Å². The summed E-state index contributed by atoms with van der Waals surface area (Å²) in [4.78, 5) is 50.3. The molecule has 0 amide bonds. The molecule has 8 rings (SSSR count). The summed E-state index contributed by atoms with van der Waals surface area (Å²) in [6, 6.07) is 20.8. The van der Waals surface area contributed by atoms with E-state index in [-0.39, 0.29) is 39.2 Å². The van der Waals surface area contributed by atoms with Crippen LogP contribution < -0.4 is 33.2 Å². The Morgan fingerprint density at radius 3 is 1.38 bits per heavy atom. The predicted octanol–water partition coefficient (Wildman–Crippen LogP) is 3.86. The van der Waals surface area contributed by atoms with Crippen molar-refractivity contribution < 1.29 is 71.1 Å². The van der Waals surface area contributed by atoms with Crippen LogP contribution in [0.1, 0.15) is 69.2 Å². The van der Waals surface area contributed by atoms with Crippen LogP contribution in [-0.2, 0) is 47.0 Å². The van der Waals surface area contributed by atoms with Gasteiger partial charge in [-0.2, -0.15) is 33.7 Å². The largest absolute Gasteiger partial charge is 0.399 e. The molecule has 13 N–H and O–H groups in total. The lowest BCUT2D eigenvalue weighted by Gasteiger charge is -2.24. The third kappa shape index (κ3) is 9.05. The van der Waals surface area contributed by atoms with E-state index in [1.807, 2.05) is 0 Å². The molecule has 0 saturated carbocycles. The van der Waals surface area contributed by atoms with Crippen molar-refractivity contribution in [1.82, 2.24) is 5.32 Å². The van der Waals surface area contributed by atoms with E-state index in [0.29, 0.717) is 23.6 Å². The van der Waals surface area contributed by atoms with Crippen molar-refractivity contribution >= 4 is 103 Å². The van der Waals surface area contributed by atoms with Crippen molar-refractivity contribution in [3.8, 4) is 0 Å². The van der Waals surface area contributed by atoms with Gasteiger partial charge in [0.25, 0.3) is 40.5 Å². The molecule has 68 heavy (non-hydrogen) atoms. The lowest BCUT2D eigenvalue weighted by atomic mass is 9.82. The molecule has 0 aliphatic heterocycles. The van der Waals surface area contributed by atoms with Gasteiger partial charge in [-0.3, -0.25) is 37.4 Å². The van der Waals surface area contributed by atoms with Crippen molar-refractivity contribution in [2.75, 3.05) is 34.9 Å². The summed E-state index contributed by atoms with van der Waals surface area (Å²) in [7, 11) is -17.7. The van der Waals surface area contributed by atoms with Gasteiger partial charge in [0.05, 0.1) is 55.5 Å². The molecule has 0 bridgehead atoms. The maximum Gasteiger partial charge on any atom is 0.296 e. The third-order valence-corrected chi connectivity index (χ3v) is 14.0. The van der Waals surface area contributed by atoms with Crippen LogP contribution in [0.4, 0.5) is 39.8 Å². The van der Waals surface area contributed by atoms with E-state index in [0.717, 1.165) is 42.0 Å². The number of ketones is 4. The van der Waals surface area contributed by atoms with Crippen LogP contribution in [0, 0.1) is 0 Å². The SMILES string of the molecule is CNCc1ccc(Nc2cc(S(=O)(=O)O)c(N)c3c2C(=O)c2cccc(S(=O)(=O)O)c2C3=O)cc1.Nc1ccc(Nc2cc(S(=O)(=O)O)c(N)c3c2C(=O)c2cc(S(=O)(=O)O)ccc2C3=O)cc1. The van der Waals surface area contributed by atoms with E-state index in [9.17, 15) is 71.1 Å². The first kappa shape index (κ1) is 48.5. The number of hydrogen-bond donors (Lipinski definition) is 10. The van der Waals surface area contributed by atoms with Gasteiger partial charge in [-0.25, -0.2) is 0 Å². The summed E-state index contributed by atoms with van der Waals surface area (Å²) < 4.78 is 133. The Bertz CT molecular complexity index is 3680. The fraction of sp³-hybridized carbons (Fsp3) is 0.0476. The predicted molar refractivity (Wildman–Crippen MR) is 244 cm³/mol. The number of benzene rings is 6. The molecule has 2 aliphatic carbocycles. The Hall–Kier alpha value is -7.40. The molecule has 0 saturated heterocycles. The van der Waals surface area contributed by atoms with Gasteiger partial charge in [0.15, 0.2) is 23.1 Å². The highest BCUT2D eigenvalue weighted by Crippen LogP contribution is 2.43. The van der Waals surface area contributed by atoms with Crippen molar-refractivity contribution in [1.29, 1.82) is 0 Å². The summed E-state index contributed by atoms with van der Waals surface area (Å²) in [5.74, 6) is -3.65. The van der Waals surface area contributed by atoms with Gasteiger partial charge in [-0.15, -0.1) is 0 Å². The zero-order valence-electron chi connectivity index (χ0n) is 34.5. The van der Waals surface area contributed by atoms with Crippen LogP contribution >= 0.6 is 0 Å². The molecule has 0 atom stereocenters. The maximum atomic E-state index is 13.5. The second kappa shape index (κ2) is 17.4. The van der Waals surface area contributed by atoms with Gasteiger partial charge in [-0.1, -0.05) is 24.3 Å². The summed E-state index contributed by atoms with van der Waals surface area (Å²) in [6.45, 7) is 0.588. The zero-order chi connectivity index (χ0) is 50.0. The maximum absolute atomic E-state index is 13.5. The summed E-state index contributed by atoms with van der Waals surface area (Å²) in [6.07, 6.45) is 0. The molecule has 0 heterocycles. The van der Waals surface area contributed by atoms with Crippen molar-refractivity contribution in [3.63, 3.8) is 0 Å². The van der Waals surface area contributed by atoms with Crippen LogP contribution in [0.15, 0.2) is 117 Å². The van der Waals surface area contributed by atoms with Gasteiger partial charge in [-0.05, 0) is 85.4 Å². The standard InChI is InChI=1S/C22H19N3O8S2.C20H15N3O8S2/c1-24-10-11-5-7-12(8-6-11)25-14-9-16(35(31,32)33)20(23)19-18(14)21(26)13-3-2-4-15(34(28,29)30)17(13)22(19)27;21-9-1-3-10(4-2-9)23-14-8-15(33(29,30)31)18(22)17-16(14)20(25)13-7-11(32(26,27)28)5-6-12(13)19(17)24/h2-9,24-25H,10,23H2,1H3,(H,28,29,30)(H,31,32,33);1-8,23H,21-22H2,(H,26,27,28)(H,29,30,31). The molecule has 6 aromatic carbocycles. The smallest absolute Gasteiger partial charge is 0.296 e. The Morgan fingerprint density at radius 2 is 0.912 bits per heavy atom. The van der Waals surface area contributed by atoms with Gasteiger partial charge < -0.3 is 33.2 Å². The minimum absolute atomic E-state index is 0.149. The molecule has 0 unspecified atom stereocenters. The van der Waals surface area contributed by atoms with Gasteiger partial charge >= 0.3 is 0 Å². The first-order valence-corrected chi connectivity index (χ1v) is 24.8. The van der Waals surface area contributed by atoms with Crippen LogP contribution in [-0.4, -0.2) is 82.1 Å². The fourth-order valence-electron chi connectivity index (χ4n) is 7.47. The number of nitrogens with two attached hydrogens (primary N) is 3. The number of anilines is 7. The number of hydrogen-bond acceptors (Lipinski definition) is 18. The molecule has 2 aliphatic rings. The average molecular weight is 1010 g/mol. The Labute approximate surface area is 386 Å². The Balaban J connectivity index is 0.000000202. The number of nitrogen functional groups attached to an aromatic ring is 3. The van der Waals surface area contributed by atoms with Gasteiger partial charge in [0.2, 0.25) is 0 Å². The van der Waals surface area contributed by atoms with E-state index >= 15 is 0 Å². The summed E-state index contributed by atoms with van der Waals surface area (Å²) >= 11 is 0. The van der Waals surface area contributed by atoms with Crippen molar-refractivity contribution in [2.45, 2.75) is 26.1 Å². The molecule has 0 spiro atoms. The highest BCUT2D eigenvalue weighted by Gasteiger charge is 2.40. The van der Waals surface area contributed by atoms with Crippen LogP contribution in [0.5, 0.6) is 0 Å². The number of carbonyl (C=O) groups excluding carboxylic acids is 4. The normalized spacial score (nSPS) is 13.4. The number of rotatable bonds is 10. The Kier molecular flexibility index (Phi) is 12.4. The molecule has 6 aromatic rings. The first-order chi connectivity index (χ1) is 31.6. The monoisotopic (exact) mass is 1010 g/mol. The van der Waals surface area contributed by atoms with Crippen molar-refractivity contribution in [2.24, 2.45) is 0 Å². The van der Waals surface area contributed by atoms with Gasteiger partial charge in [0, 0.05) is 40.3 Å².